The molecule has 188 valence electrons. The van der Waals surface area contributed by atoms with E-state index in [0.717, 1.165) is 67.6 Å². The highest BCUT2D eigenvalue weighted by atomic mass is 16.6. The molecule has 3 heterocycles. The van der Waals surface area contributed by atoms with Crippen molar-refractivity contribution in [3.63, 3.8) is 0 Å². The molecule has 0 spiro atoms. The molecule has 3 aromatic rings. The van der Waals surface area contributed by atoms with Crippen LogP contribution < -0.4 is 0 Å². The van der Waals surface area contributed by atoms with Crippen LogP contribution in [0.5, 0.6) is 0 Å². The lowest BCUT2D eigenvalue weighted by atomic mass is 9.98. The highest BCUT2D eigenvalue weighted by Gasteiger charge is 2.31. The summed E-state index contributed by atoms with van der Waals surface area (Å²) < 4.78 is 2.26. The summed E-state index contributed by atoms with van der Waals surface area (Å²) in [6.07, 6.45) is 8.23. The van der Waals surface area contributed by atoms with Crippen LogP contribution in [0.4, 0.5) is 5.69 Å². The molecule has 3 aliphatic rings. The second kappa shape index (κ2) is 9.36. The molecule has 0 N–H and O–H groups in total. The molecule has 0 atom stereocenters. The van der Waals surface area contributed by atoms with E-state index in [2.05, 4.69) is 28.5 Å². The summed E-state index contributed by atoms with van der Waals surface area (Å²) in [7, 11) is 0. The zero-order chi connectivity index (χ0) is 24.8. The van der Waals surface area contributed by atoms with Gasteiger partial charge < -0.3 is 9.47 Å². The van der Waals surface area contributed by atoms with Gasteiger partial charge in [0.25, 0.3) is 11.6 Å². The van der Waals surface area contributed by atoms with Crippen molar-refractivity contribution in [2.45, 2.75) is 64.5 Å². The van der Waals surface area contributed by atoms with Crippen LogP contribution in [0.2, 0.25) is 0 Å². The average Bonchev–Trinajstić information content (AvgIpc) is 3.55. The van der Waals surface area contributed by atoms with Crippen molar-refractivity contribution in [1.29, 1.82) is 0 Å². The standard InChI is InChI=1S/C29H34N4O3/c1-20-12-15-30(16-13-20)29(34)21-6-11-27-25(18-21)26-19-31(22-4-2-3-5-22)17-14-28(26)32(27)23-7-9-24(10-8-23)33(35)36/h6-11,18,20,22H,2-5,12-17,19H2,1H3. The molecule has 2 aliphatic heterocycles. The molecule has 1 aromatic heterocycles. The Morgan fingerprint density at radius 2 is 1.69 bits per heavy atom. The van der Waals surface area contributed by atoms with E-state index in [1.165, 1.54) is 36.9 Å². The maximum Gasteiger partial charge on any atom is 0.269 e. The van der Waals surface area contributed by atoms with Gasteiger partial charge in [0.05, 0.1) is 10.4 Å². The number of hydrogen-bond donors (Lipinski definition) is 0. The third-order valence-electron chi connectivity index (χ3n) is 8.66. The molecule has 36 heavy (non-hydrogen) atoms. The first-order valence-corrected chi connectivity index (χ1v) is 13.4. The number of rotatable bonds is 4. The smallest absolute Gasteiger partial charge is 0.269 e. The minimum Gasteiger partial charge on any atom is -0.339 e. The van der Waals surface area contributed by atoms with E-state index in [-0.39, 0.29) is 16.5 Å². The number of likely N-dealkylation sites (tertiary alicyclic amines) is 1. The van der Waals surface area contributed by atoms with Crippen molar-refractivity contribution in [3.05, 3.63) is 69.4 Å². The summed E-state index contributed by atoms with van der Waals surface area (Å²) in [6, 6.07) is 13.6. The zero-order valence-electron chi connectivity index (χ0n) is 21.0. The van der Waals surface area contributed by atoms with E-state index in [1.54, 1.807) is 12.1 Å². The monoisotopic (exact) mass is 486 g/mol. The van der Waals surface area contributed by atoms with E-state index in [0.29, 0.717) is 12.0 Å². The summed E-state index contributed by atoms with van der Waals surface area (Å²) in [5.41, 5.74) is 5.45. The van der Waals surface area contributed by atoms with Gasteiger partial charge >= 0.3 is 0 Å². The number of nitro groups is 1. The fourth-order valence-electron chi connectivity index (χ4n) is 6.51. The van der Waals surface area contributed by atoms with Crippen molar-refractivity contribution in [2.75, 3.05) is 19.6 Å². The molecule has 0 unspecified atom stereocenters. The molecule has 0 radical (unpaired) electrons. The molecule has 1 amide bonds. The van der Waals surface area contributed by atoms with Crippen molar-refractivity contribution in [1.82, 2.24) is 14.4 Å². The van der Waals surface area contributed by atoms with Crippen molar-refractivity contribution in [3.8, 4) is 5.69 Å². The Labute approximate surface area is 211 Å². The number of aromatic nitrogens is 1. The number of piperidine rings is 1. The molecule has 6 rings (SSSR count). The second-order valence-corrected chi connectivity index (χ2v) is 10.9. The van der Waals surface area contributed by atoms with Crippen LogP contribution in [0.3, 0.4) is 0 Å². The van der Waals surface area contributed by atoms with Gasteiger partial charge in [-0.1, -0.05) is 19.8 Å². The Bertz CT molecular complexity index is 1300. The topological polar surface area (TPSA) is 71.6 Å². The maximum absolute atomic E-state index is 13.4. The minimum absolute atomic E-state index is 0.0974. The molecular weight excluding hydrogens is 452 g/mol. The summed E-state index contributed by atoms with van der Waals surface area (Å²) in [4.78, 5) is 28.9. The molecule has 7 nitrogen and oxygen atoms in total. The Hall–Kier alpha value is -3.19. The van der Waals surface area contributed by atoms with Crippen LogP contribution in [-0.4, -0.2) is 50.9 Å². The van der Waals surface area contributed by atoms with Crippen molar-refractivity contribution < 1.29 is 9.72 Å². The highest BCUT2D eigenvalue weighted by molar-refractivity contribution is 6.00. The van der Waals surface area contributed by atoms with Crippen LogP contribution in [0.25, 0.3) is 16.6 Å². The Morgan fingerprint density at radius 1 is 0.972 bits per heavy atom. The molecule has 2 aromatic carbocycles. The van der Waals surface area contributed by atoms with Crippen molar-refractivity contribution in [2.24, 2.45) is 5.92 Å². The first-order valence-electron chi connectivity index (χ1n) is 13.4. The Kier molecular flexibility index (Phi) is 6.04. The number of carbonyl (C=O) groups excluding carboxylic acids is 1. The number of fused-ring (bicyclic) bond motifs is 3. The fourth-order valence-corrected chi connectivity index (χ4v) is 6.51. The van der Waals surface area contributed by atoms with Gasteiger partial charge in [-0.25, -0.2) is 0 Å². The lowest BCUT2D eigenvalue weighted by molar-refractivity contribution is -0.384. The third-order valence-corrected chi connectivity index (χ3v) is 8.66. The molecule has 2 fully saturated rings. The highest BCUT2D eigenvalue weighted by Crippen LogP contribution is 2.37. The van der Waals surface area contributed by atoms with Crippen LogP contribution in [-0.2, 0) is 13.0 Å². The van der Waals surface area contributed by atoms with Crippen molar-refractivity contribution >= 4 is 22.5 Å². The van der Waals surface area contributed by atoms with E-state index >= 15 is 0 Å². The first-order chi connectivity index (χ1) is 17.5. The van der Waals surface area contributed by atoms with Crippen LogP contribution in [0, 0.1) is 16.0 Å². The summed E-state index contributed by atoms with van der Waals surface area (Å²) >= 11 is 0. The normalized spacial score (nSPS) is 19.6. The van der Waals surface area contributed by atoms with E-state index in [9.17, 15) is 14.9 Å². The summed E-state index contributed by atoms with van der Waals surface area (Å²) in [5, 5.41) is 12.4. The quantitative estimate of drug-likeness (QED) is 0.350. The predicted molar refractivity (Wildman–Crippen MR) is 141 cm³/mol. The van der Waals surface area contributed by atoms with E-state index in [4.69, 9.17) is 0 Å². The van der Waals surface area contributed by atoms with E-state index < -0.39 is 0 Å². The van der Waals surface area contributed by atoms with Gasteiger partial charge in [-0.05, 0) is 67.5 Å². The lowest BCUT2D eigenvalue weighted by Crippen LogP contribution is -2.38. The number of amides is 1. The zero-order valence-corrected chi connectivity index (χ0v) is 21.0. The number of hydrogen-bond acceptors (Lipinski definition) is 4. The van der Waals surface area contributed by atoms with Gasteiger partial charge in [-0.3, -0.25) is 19.8 Å². The van der Waals surface area contributed by atoms with Gasteiger partial charge in [0.15, 0.2) is 0 Å². The summed E-state index contributed by atoms with van der Waals surface area (Å²) in [6.45, 7) is 5.84. The van der Waals surface area contributed by atoms with Gasteiger partial charge in [0.1, 0.15) is 0 Å². The number of nitro benzene ring substituents is 1. The second-order valence-electron chi connectivity index (χ2n) is 10.9. The number of benzene rings is 2. The fraction of sp³-hybridized carbons (Fsp3) is 0.483. The number of non-ortho nitro benzene ring substituents is 1. The maximum atomic E-state index is 13.4. The minimum atomic E-state index is -0.355. The molecule has 1 saturated heterocycles. The van der Waals surface area contributed by atoms with Gasteiger partial charge in [-0.15, -0.1) is 0 Å². The van der Waals surface area contributed by atoms with Gasteiger partial charge in [0, 0.05) is 73.1 Å². The molecule has 1 saturated carbocycles. The summed E-state index contributed by atoms with van der Waals surface area (Å²) in [5.74, 6) is 0.810. The Morgan fingerprint density at radius 3 is 2.39 bits per heavy atom. The van der Waals surface area contributed by atoms with Gasteiger partial charge in [-0.2, -0.15) is 0 Å². The molecular formula is C29H34N4O3. The molecule has 7 heteroatoms. The average molecular weight is 487 g/mol. The SMILES string of the molecule is CC1CCN(C(=O)c2ccc3c(c2)c2c(n3-c3ccc([N+](=O)[O-])cc3)CCN(C3CCCC3)C2)CC1. The van der Waals surface area contributed by atoms with Crippen LogP contribution in [0.15, 0.2) is 42.5 Å². The number of nitrogens with zero attached hydrogens (tertiary/aromatic N) is 4. The third kappa shape index (κ3) is 4.09. The van der Waals surface area contributed by atoms with Crippen LogP contribution >= 0.6 is 0 Å². The largest absolute Gasteiger partial charge is 0.339 e. The van der Waals surface area contributed by atoms with E-state index in [1.807, 2.05) is 23.1 Å². The first kappa shape index (κ1) is 23.2. The number of carbonyl (C=O) groups is 1. The van der Waals surface area contributed by atoms with Gasteiger partial charge in [0.2, 0.25) is 0 Å². The molecule has 1 aliphatic carbocycles. The predicted octanol–water partition coefficient (Wildman–Crippen LogP) is 5.71. The Balaban J connectivity index is 1.42. The van der Waals surface area contributed by atoms with Crippen LogP contribution in [0.1, 0.15) is 67.1 Å². The lowest BCUT2D eigenvalue weighted by Gasteiger charge is -2.33. The molecule has 0 bridgehead atoms.